The van der Waals surface area contributed by atoms with Gasteiger partial charge in [-0.15, -0.1) is 0 Å². The van der Waals surface area contributed by atoms with Gasteiger partial charge in [-0.2, -0.15) is 0 Å². The highest BCUT2D eigenvalue weighted by molar-refractivity contribution is 7.99. The number of hydrogen-bond acceptors (Lipinski definition) is 6. The fraction of sp³-hybridized carbons (Fsp3) is 0.200. The quantitative estimate of drug-likeness (QED) is 0.602. The van der Waals surface area contributed by atoms with Crippen LogP contribution >= 0.6 is 23.4 Å². The fourth-order valence-electron chi connectivity index (χ4n) is 3.09. The second-order valence-corrected chi connectivity index (χ2v) is 8.10. The summed E-state index contributed by atoms with van der Waals surface area (Å²) in [6.45, 7) is 3.02. The van der Waals surface area contributed by atoms with Crippen molar-refractivity contribution in [2.24, 2.45) is 0 Å². The number of phenolic OH excluding ortho intramolecular Hbond substituents is 1. The lowest BCUT2D eigenvalue weighted by Gasteiger charge is -2.30. The van der Waals surface area contributed by atoms with E-state index >= 15 is 0 Å². The van der Waals surface area contributed by atoms with Crippen LogP contribution in [0, 0.1) is 18.6 Å². The maximum absolute atomic E-state index is 14.2. The first kappa shape index (κ1) is 19.7. The van der Waals surface area contributed by atoms with Crippen LogP contribution in [0.2, 0.25) is 5.02 Å². The van der Waals surface area contributed by atoms with E-state index in [1.807, 2.05) is 25.1 Å². The summed E-state index contributed by atoms with van der Waals surface area (Å²) in [7, 11) is 0. The molecule has 0 amide bonds. The summed E-state index contributed by atoms with van der Waals surface area (Å²) in [6.07, 6.45) is 1.66. The summed E-state index contributed by atoms with van der Waals surface area (Å²) >= 11 is 7.46. The van der Waals surface area contributed by atoms with E-state index in [1.54, 1.807) is 11.1 Å². The first-order valence-corrected chi connectivity index (χ1v) is 10.1. The highest BCUT2D eigenvalue weighted by atomic mass is 35.5. The Bertz CT molecular complexity index is 1080. The summed E-state index contributed by atoms with van der Waals surface area (Å²) in [5.41, 5.74) is 0.912. The standard InChI is InChI=1S/C20H17ClF2N4OS/c1-11-8-12(21)2-5-16(11)29-17-9-25-19-20(26-17)27(7-6-24-19)10-13-14(22)3-4-15(23)18(13)28/h2-5,8-9,28H,6-7,10H2,1H3,(H,24,25). The van der Waals surface area contributed by atoms with Crippen molar-refractivity contribution >= 4 is 35.0 Å². The van der Waals surface area contributed by atoms with Gasteiger partial charge in [-0.05, 0) is 42.8 Å². The summed E-state index contributed by atoms with van der Waals surface area (Å²) in [5.74, 6) is -1.12. The summed E-state index contributed by atoms with van der Waals surface area (Å²) < 4.78 is 27.9. The van der Waals surface area contributed by atoms with Crippen LogP contribution in [0.25, 0.3) is 0 Å². The van der Waals surface area contributed by atoms with Gasteiger partial charge in [-0.25, -0.2) is 18.7 Å². The highest BCUT2D eigenvalue weighted by Gasteiger charge is 2.24. The topological polar surface area (TPSA) is 61.3 Å². The van der Waals surface area contributed by atoms with Gasteiger partial charge in [0.15, 0.2) is 23.2 Å². The number of aromatic nitrogens is 2. The second kappa shape index (κ2) is 8.04. The Labute approximate surface area is 175 Å². The number of fused-ring (bicyclic) bond motifs is 1. The van der Waals surface area contributed by atoms with Crippen molar-refractivity contribution in [3.63, 3.8) is 0 Å². The number of anilines is 2. The molecule has 9 heteroatoms. The number of hydrogen-bond donors (Lipinski definition) is 2. The fourth-order valence-corrected chi connectivity index (χ4v) is 4.14. The third kappa shape index (κ3) is 4.09. The molecule has 5 nitrogen and oxygen atoms in total. The van der Waals surface area contributed by atoms with Crippen molar-refractivity contribution in [1.82, 2.24) is 9.97 Å². The van der Waals surface area contributed by atoms with Gasteiger partial charge in [0.05, 0.1) is 18.3 Å². The number of aromatic hydroxyl groups is 1. The van der Waals surface area contributed by atoms with Crippen LogP contribution in [0.3, 0.4) is 0 Å². The number of nitrogens with zero attached hydrogens (tertiary/aromatic N) is 3. The predicted molar refractivity (Wildman–Crippen MR) is 110 cm³/mol. The molecule has 0 bridgehead atoms. The third-order valence-electron chi connectivity index (χ3n) is 4.58. The molecule has 0 unspecified atom stereocenters. The molecule has 0 spiro atoms. The number of nitrogens with one attached hydrogen (secondary N) is 1. The normalized spacial score (nSPS) is 13.2. The first-order chi connectivity index (χ1) is 13.9. The lowest BCUT2D eigenvalue weighted by Crippen LogP contribution is -2.35. The number of rotatable bonds is 4. The molecule has 0 saturated carbocycles. The van der Waals surface area contributed by atoms with Crippen LogP contribution in [0.4, 0.5) is 20.4 Å². The highest BCUT2D eigenvalue weighted by Crippen LogP contribution is 2.35. The zero-order valence-corrected chi connectivity index (χ0v) is 17.0. The van der Waals surface area contributed by atoms with Crippen molar-refractivity contribution in [2.45, 2.75) is 23.4 Å². The number of benzene rings is 2. The van der Waals surface area contributed by atoms with E-state index in [9.17, 15) is 13.9 Å². The first-order valence-electron chi connectivity index (χ1n) is 8.88. The molecule has 1 aliphatic heterocycles. The molecule has 0 atom stereocenters. The zero-order chi connectivity index (χ0) is 20.5. The Morgan fingerprint density at radius 3 is 2.83 bits per heavy atom. The molecule has 0 aliphatic carbocycles. The molecule has 2 heterocycles. The maximum Gasteiger partial charge on any atom is 0.173 e. The van der Waals surface area contributed by atoms with Gasteiger partial charge in [0.1, 0.15) is 10.8 Å². The molecule has 1 aliphatic rings. The Balaban J connectivity index is 1.65. The molecule has 4 rings (SSSR count). The Kier molecular flexibility index (Phi) is 5.47. The van der Waals surface area contributed by atoms with Crippen molar-refractivity contribution in [2.75, 3.05) is 23.3 Å². The average molecular weight is 435 g/mol. The Hall–Kier alpha value is -2.58. The number of aryl methyl sites for hydroxylation is 1. The smallest absolute Gasteiger partial charge is 0.173 e. The molecule has 2 aromatic carbocycles. The van der Waals surface area contributed by atoms with E-state index in [-0.39, 0.29) is 12.1 Å². The van der Waals surface area contributed by atoms with Crippen LogP contribution in [0.1, 0.15) is 11.1 Å². The molecule has 0 radical (unpaired) electrons. The van der Waals surface area contributed by atoms with Gasteiger partial charge >= 0.3 is 0 Å². The van der Waals surface area contributed by atoms with Crippen LogP contribution in [-0.2, 0) is 6.54 Å². The van der Waals surface area contributed by atoms with Gasteiger partial charge in [0, 0.05) is 23.0 Å². The third-order valence-corrected chi connectivity index (χ3v) is 5.90. The van der Waals surface area contributed by atoms with Gasteiger partial charge in [-0.3, -0.25) is 0 Å². The van der Waals surface area contributed by atoms with Gasteiger partial charge in [0.2, 0.25) is 0 Å². The minimum absolute atomic E-state index is 0.0210. The monoisotopic (exact) mass is 434 g/mol. The van der Waals surface area contributed by atoms with Gasteiger partial charge < -0.3 is 15.3 Å². The van der Waals surface area contributed by atoms with Crippen molar-refractivity contribution in [3.8, 4) is 5.75 Å². The van der Waals surface area contributed by atoms with E-state index in [0.717, 1.165) is 22.6 Å². The molecule has 150 valence electrons. The van der Waals surface area contributed by atoms with Crippen LogP contribution < -0.4 is 10.2 Å². The van der Waals surface area contributed by atoms with Crippen molar-refractivity contribution in [3.05, 3.63) is 64.3 Å². The molecular weight excluding hydrogens is 418 g/mol. The largest absolute Gasteiger partial charge is 0.505 e. The zero-order valence-electron chi connectivity index (χ0n) is 15.4. The Morgan fingerprint density at radius 1 is 1.24 bits per heavy atom. The molecule has 3 aromatic rings. The minimum atomic E-state index is -0.856. The number of phenols is 1. The van der Waals surface area contributed by atoms with Gasteiger partial charge in [-0.1, -0.05) is 23.4 Å². The Morgan fingerprint density at radius 2 is 2.03 bits per heavy atom. The van der Waals surface area contributed by atoms with Gasteiger partial charge in [0.25, 0.3) is 0 Å². The summed E-state index contributed by atoms with van der Waals surface area (Å²) in [6, 6.07) is 7.52. The molecule has 1 aromatic heterocycles. The maximum atomic E-state index is 14.2. The van der Waals surface area contributed by atoms with Crippen molar-refractivity contribution < 1.29 is 13.9 Å². The van der Waals surface area contributed by atoms with Crippen molar-refractivity contribution in [1.29, 1.82) is 0 Å². The molecule has 29 heavy (non-hydrogen) atoms. The molecule has 2 N–H and O–H groups in total. The van der Waals surface area contributed by atoms with Crippen LogP contribution in [-0.4, -0.2) is 28.2 Å². The van der Waals surface area contributed by atoms with E-state index in [4.69, 9.17) is 11.6 Å². The summed E-state index contributed by atoms with van der Waals surface area (Å²) in [4.78, 5) is 11.9. The van der Waals surface area contributed by atoms with Crippen LogP contribution in [0.5, 0.6) is 5.75 Å². The average Bonchev–Trinajstić information content (AvgIpc) is 2.70. The molecule has 0 fully saturated rings. The predicted octanol–water partition coefficient (Wildman–Crippen LogP) is 5.01. The lowest BCUT2D eigenvalue weighted by molar-refractivity contribution is 0.416. The SMILES string of the molecule is Cc1cc(Cl)ccc1Sc1cnc2c(n1)N(Cc1c(F)ccc(F)c1O)CCN2. The van der Waals surface area contributed by atoms with Crippen LogP contribution in [0.15, 0.2) is 46.5 Å². The van der Waals surface area contributed by atoms with E-state index < -0.39 is 17.4 Å². The summed E-state index contributed by atoms with van der Waals surface area (Å²) in [5, 5.41) is 14.4. The van der Waals surface area contributed by atoms with E-state index in [1.165, 1.54) is 11.8 Å². The molecular formula is C20H17ClF2N4OS. The van der Waals surface area contributed by atoms with E-state index in [0.29, 0.717) is 34.8 Å². The number of halogens is 3. The molecule has 0 saturated heterocycles. The lowest BCUT2D eigenvalue weighted by atomic mass is 10.1. The second-order valence-electron chi connectivity index (χ2n) is 6.60. The minimum Gasteiger partial charge on any atom is -0.505 e. The van der Waals surface area contributed by atoms with E-state index in [2.05, 4.69) is 15.3 Å².